The van der Waals surface area contributed by atoms with Crippen molar-refractivity contribution in [2.45, 2.75) is 25.9 Å². The van der Waals surface area contributed by atoms with Gasteiger partial charge in [-0.25, -0.2) is 9.18 Å². The number of amides is 2. The maximum absolute atomic E-state index is 12.8. The summed E-state index contributed by atoms with van der Waals surface area (Å²) in [5.41, 5.74) is 1.02. The molecule has 0 saturated carbocycles. The number of urea groups is 1. The van der Waals surface area contributed by atoms with Crippen LogP contribution in [0.3, 0.4) is 0 Å². The summed E-state index contributed by atoms with van der Waals surface area (Å²) in [7, 11) is 1.94. The Balaban J connectivity index is 2.22. The van der Waals surface area contributed by atoms with E-state index >= 15 is 0 Å². The molecule has 0 radical (unpaired) electrons. The zero-order valence-electron chi connectivity index (χ0n) is 12.6. The fourth-order valence-electron chi connectivity index (χ4n) is 1.85. The van der Waals surface area contributed by atoms with Gasteiger partial charge in [-0.05, 0) is 31.2 Å². The number of rotatable bonds is 8. The first-order valence-electron chi connectivity index (χ1n) is 7.13. The van der Waals surface area contributed by atoms with Gasteiger partial charge < -0.3 is 20.6 Å². The molecule has 0 saturated heterocycles. The van der Waals surface area contributed by atoms with Gasteiger partial charge >= 0.3 is 6.03 Å². The fourth-order valence-corrected chi connectivity index (χ4v) is 1.85. The second kappa shape index (κ2) is 9.31. The molecular formula is C15H24FN3O2. The van der Waals surface area contributed by atoms with Crippen LogP contribution in [0.5, 0.6) is 0 Å². The molecule has 21 heavy (non-hydrogen) atoms. The number of benzene rings is 1. The van der Waals surface area contributed by atoms with Gasteiger partial charge in [-0.15, -0.1) is 0 Å². The normalized spacial score (nSPS) is 12.2. The van der Waals surface area contributed by atoms with E-state index in [1.165, 1.54) is 12.1 Å². The van der Waals surface area contributed by atoms with Crippen LogP contribution >= 0.6 is 0 Å². The third-order valence-corrected chi connectivity index (χ3v) is 3.19. The van der Waals surface area contributed by atoms with E-state index in [2.05, 4.69) is 10.6 Å². The number of hydrogen-bond donors (Lipinski definition) is 3. The molecule has 0 spiro atoms. The van der Waals surface area contributed by atoms with Crippen LogP contribution in [0.1, 0.15) is 18.9 Å². The molecule has 0 heterocycles. The topological polar surface area (TPSA) is 64.6 Å². The van der Waals surface area contributed by atoms with Crippen LogP contribution in [-0.2, 0) is 6.54 Å². The molecule has 0 bridgehead atoms. The van der Waals surface area contributed by atoms with Crippen LogP contribution in [0, 0.1) is 5.82 Å². The van der Waals surface area contributed by atoms with Gasteiger partial charge in [0.2, 0.25) is 0 Å². The molecule has 118 valence electrons. The van der Waals surface area contributed by atoms with Gasteiger partial charge in [0.1, 0.15) is 5.82 Å². The quantitative estimate of drug-likeness (QED) is 0.678. The maximum atomic E-state index is 12.8. The number of hydrogen-bond acceptors (Lipinski definition) is 3. The predicted octanol–water partition coefficient (Wildman–Crippen LogP) is 1.33. The van der Waals surface area contributed by atoms with E-state index in [4.69, 9.17) is 5.11 Å². The first-order valence-corrected chi connectivity index (χ1v) is 7.13. The number of nitrogens with one attached hydrogen (secondary N) is 2. The van der Waals surface area contributed by atoms with E-state index in [0.29, 0.717) is 26.1 Å². The van der Waals surface area contributed by atoms with Crippen molar-refractivity contribution in [1.82, 2.24) is 15.5 Å². The second-order valence-electron chi connectivity index (χ2n) is 5.05. The SMILES string of the molecule is CCC(CO)NC(=O)NCCN(C)Cc1ccc(F)cc1. The minimum absolute atomic E-state index is 0.0611. The first kappa shape index (κ1) is 17.4. The number of nitrogens with zero attached hydrogens (tertiary/aromatic N) is 1. The number of carbonyl (C=O) groups is 1. The Morgan fingerprint density at radius 3 is 2.62 bits per heavy atom. The Morgan fingerprint density at radius 1 is 1.38 bits per heavy atom. The Hall–Kier alpha value is -1.66. The van der Waals surface area contributed by atoms with E-state index in [1.54, 1.807) is 12.1 Å². The van der Waals surface area contributed by atoms with E-state index in [1.807, 2.05) is 18.9 Å². The van der Waals surface area contributed by atoms with E-state index < -0.39 is 0 Å². The van der Waals surface area contributed by atoms with Crippen molar-refractivity contribution in [2.75, 3.05) is 26.7 Å². The number of likely N-dealkylation sites (N-methyl/N-ethyl adjacent to an activating group) is 1. The molecule has 0 aromatic heterocycles. The molecule has 0 aliphatic rings. The molecule has 0 aliphatic heterocycles. The van der Waals surface area contributed by atoms with Crippen molar-refractivity contribution in [3.63, 3.8) is 0 Å². The summed E-state index contributed by atoms with van der Waals surface area (Å²) in [5.74, 6) is -0.242. The van der Waals surface area contributed by atoms with Gasteiger partial charge in [0.15, 0.2) is 0 Å². The molecular weight excluding hydrogens is 273 g/mol. The van der Waals surface area contributed by atoms with Gasteiger partial charge in [0.25, 0.3) is 0 Å². The average molecular weight is 297 g/mol. The predicted molar refractivity (Wildman–Crippen MR) is 80.4 cm³/mol. The van der Waals surface area contributed by atoms with Gasteiger partial charge in [0.05, 0.1) is 12.6 Å². The van der Waals surface area contributed by atoms with Crippen molar-refractivity contribution >= 4 is 6.03 Å². The van der Waals surface area contributed by atoms with Crippen molar-refractivity contribution in [3.8, 4) is 0 Å². The number of halogens is 1. The third-order valence-electron chi connectivity index (χ3n) is 3.19. The van der Waals surface area contributed by atoms with Gasteiger partial charge in [-0.3, -0.25) is 0 Å². The Bertz CT molecular complexity index is 421. The highest BCUT2D eigenvalue weighted by atomic mass is 19.1. The molecule has 5 nitrogen and oxygen atoms in total. The molecule has 2 amide bonds. The molecule has 1 rings (SSSR count). The zero-order chi connectivity index (χ0) is 15.7. The smallest absolute Gasteiger partial charge is 0.315 e. The minimum atomic E-state index is -0.272. The van der Waals surface area contributed by atoms with Crippen LogP contribution in [0.15, 0.2) is 24.3 Å². The number of carbonyl (C=O) groups excluding carboxylic acids is 1. The lowest BCUT2D eigenvalue weighted by Gasteiger charge is -2.18. The second-order valence-corrected chi connectivity index (χ2v) is 5.05. The zero-order valence-corrected chi connectivity index (χ0v) is 12.6. The Labute approximate surface area is 125 Å². The molecule has 1 atom stereocenters. The highest BCUT2D eigenvalue weighted by Crippen LogP contribution is 2.04. The molecule has 1 aromatic carbocycles. The summed E-state index contributed by atoms with van der Waals surface area (Å²) in [4.78, 5) is 13.6. The summed E-state index contributed by atoms with van der Waals surface area (Å²) in [6.45, 7) is 3.72. The molecule has 1 unspecified atom stereocenters. The van der Waals surface area contributed by atoms with Gasteiger partial charge in [0, 0.05) is 19.6 Å². The molecule has 6 heteroatoms. The Kier molecular flexibility index (Phi) is 7.71. The summed E-state index contributed by atoms with van der Waals surface area (Å²) in [5, 5.41) is 14.4. The van der Waals surface area contributed by atoms with Crippen LogP contribution in [0.4, 0.5) is 9.18 Å². The summed E-state index contributed by atoms with van der Waals surface area (Å²) >= 11 is 0. The lowest BCUT2D eigenvalue weighted by Crippen LogP contribution is -2.45. The van der Waals surface area contributed by atoms with E-state index in [-0.39, 0.29) is 24.5 Å². The summed E-state index contributed by atoms with van der Waals surface area (Å²) < 4.78 is 12.8. The minimum Gasteiger partial charge on any atom is -0.394 e. The Morgan fingerprint density at radius 2 is 2.05 bits per heavy atom. The standard InChI is InChI=1S/C15H24FN3O2/c1-3-14(11-20)18-15(21)17-8-9-19(2)10-12-4-6-13(16)7-5-12/h4-7,14,20H,3,8-11H2,1-2H3,(H2,17,18,21). The monoisotopic (exact) mass is 297 g/mol. The molecule has 1 aromatic rings. The largest absolute Gasteiger partial charge is 0.394 e. The molecule has 0 aliphatic carbocycles. The molecule has 3 N–H and O–H groups in total. The van der Waals surface area contributed by atoms with Gasteiger partial charge in [-0.2, -0.15) is 0 Å². The summed E-state index contributed by atoms with van der Waals surface area (Å²) in [6.07, 6.45) is 0.689. The van der Waals surface area contributed by atoms with Crippen LogP contribution in [0.2, 0.25) is 0 Å². The lowest BCUT2D eigenvalue weighted by atomic mass is 10.2. The third kappa shape index (κ3) is 7.06. The van der Waals surface area contributed by atoms with Crippen molar-refractivity contribution < 1.29 is 14.3 Å². The van der Waals surface area contributed by atoms with E-state index in [0.717, 1.165) is 5.56 Å². The van der Waals surface area contributed by atoms with Gasteiger partial charge in [-0.1, -0.05) is 19.1 Å². The number of aliphatic hydroxyl groups is 1. The fraction of sp³-hybridized carbons (Fsp3) is 0.533. The van der Waals surface area contributed by atoms with Crippen molar-refractivity contribution in [3.05, 3.63) is 35.6 Å². The highest BCUT2D eigenvalue weighted by molar-refractivity contribution is 5.74. The van der Waals surface area contributed by atoms with Crippen molar-refractivity contribution in [2.24, 2.45) is 0 Å². The molecule has 0 fully saturated rings. The maximum Gasteiger partial charge on any atom is 0.315 e. The number of aliphatic hydroxyl groups excluding tert-OH is 1. The summed E-state index contributed by atoms with van der Waals surface area (Å²) in [6, 6.07) is 5.90. The van der Waals surface area contributed by atoms with Crippen LogP contribution < -0.4 is 10.6 Å². The average Bonchev–Trinajstić information content (AvgIpc) is 2.47. The highest BCUT2D eigenvalue weighted by Gasteiger charge is 2.08. The lowest BCUT2D eigenvalue weighted by molar-refractivity contribution is 0.213. The van der Waals surface area contributed by atoms with E-state index in [9.17, 15) is 9.18 Å². The first-order chi connectivity index (χ1) is 10.0. The van der Waals surface area contributed by atoms with Crippen LogP contribution in [-0.4, -0.2) is 48.8 Å². The van der Waals surface area contributed by atoms with Crippen LogP contribution in [0.25, 0.3) is 0 Å². The van der Waals surface area contributed by atoms with Crippen molar-refractivity contribution in [1.29, 1.82) is 0 Å².